The van der Waals surface area contributed by atoms with Crippen LogP contribution in [-0.4, -0.2) is 60.4 Å². The second-order valence-corrected chi connectivity index (χ2v) is 9.28. The van der Waals surface area contributed by atoms with Gasteiger partial charge >= 0.3 is 0 Å². The summed E-state index contributed by atoms with van der Waals surface area (Å²) in [5.41, 5.74) is 1.35. The van der Waals surface area contributed by atoms with Gasteiger partial charge in [0.15, 0.2) is 0 Å². The number of nitrogens with zero attached hydrogens (tertiary/aromatic N) is 2. The first kappa shape index (κ1) is 24.6. The number of Topliss-reactive ketones (excluding diaryl/α,β-unsaturated/α-hetero) is 1. The van der Waals surface area contributed by atoms with Gasteiger partial charge in [0.2, 0.25) is 0 Å². The van der Waals surface area contributed by atoms with Crippen molar-refractivity contribution in [3.63, 3.8) is 0 Å². The quantitative estimate of drug-likeness (QED) is 0.345. The van der Waals surface area contributed by atoms with E-state index in [4.69, 9.17) is 9.15 Å². The third-order valence-electron chi connectivity index (χ3n) is 5.60. The third-order valence-corrected chi connectivity index (χ3v) is 5.60. The van der Waals surface area contributed by atoms with Gasteiger partial charge in [-0.1, -0.05) is 13.8 Å². The Hall–Kier alpha value is -3.06. The molecule has 1 aliphatic heterocycles. The lowest BCUT2D eigenvalue weighted by molar-refractivity contribution is -0.140. The summed E-state index contributed by atoms with van der Waals surface area (Å²) >= 11 is 0. The zero-order valence-corrected chi connectivity index (χ0v) is 20.3. The van der Waals surface area contributed by atoms with Crippen LogP contribution in [0.15, 0.2) is 40.3 Å². The number of likely N-dealkylation sites (tertiary alicyclic amines) is 1. The predicted molar refractivity (Wildman–Crippen MR) is 127 cm³/mol. The summed E-state index contributed by atoms with van der Waals surface area (Å²) in [5.74, 6) is 0.719. The minimum Gasteiger partial charge on any atom is -0.507 e. The van der Waals surface area contributed by atoms with E-state index in [1.807, 2.05) is 25.9 Å². The van der Waals surface area contributed by atoms with E-state index in [-0.39, 0.29) is 11.3 Å². The molecule has 3 rings (SSSR count). The number of benzene rings is 1. The van der Waals surface area contributed by atoms with E-state index in [9.17, 15) is 14.7 Å². The highest BCUT2D eigenvalue weighted by Gasteiger charge is 2.47. The Labute approximate surface area is 195 Å². The first-order chi connectivity index (χ1) is 15.6. The Bertz CT molecular complexity index is 1050. The molecule has 7 nitrogen and oxygen atoms in total. The van der Waals surface area contributed by atoms with Gasteiger partial charge in [0.25, 0.3) is 11.7 Å². The van der Waals surface area contributed by atoms with Gasteiger partial charge in [-0.2, -0.15) is 0 Å². The summed E-state index contributed by atoms with van der Waals surface area (Å²) in [7, 11) is 3.91. The number of aryl methyl sites for hydroxylation is 2. The Morgan fingerprint density at radius 1 is 1.18 bits per heavy atom. The summed E-state index contributed by atoms with van der Waals surface area (Å²) in [5, 5.41) is 11.2. The van der Waals surface area contributed by atoms with Gasteiger partial charge in [0.1, 0.15) is 29.1 Å². The zero-order chi connectivity index (χ0) is 24.3. The lowest BCUT2D eigenvalue weighted by Crippen LogP contribution is -2.32. The second kappa shape index (κ2) is 10.3. The Morgan fingerprint density at radius 3 is 2.48 bits per heavy atom. The van der Waals surface area contributed by atoms with Gasteiger partial charge < -0.3 is 24.1 Å². The first-order valence-corrected chi connectivity index (χ1v) is 11.3. The van der Waals surface area contributed by atoms with Gasteiger partial charge in [-0.05, 0) is 82.7 Å². The average Bonchev–Trinajstić information content (AvgIpc) is 3.28. The molecule has 0 spiro atoms. The minimum absolute atomic E-state index is 0.0504. The highest BCUT2D eigenvalue weighted by molar-refractivity contribution is 6.46. The molecule has 2 aromatic rings. The summed E-state index contributed by atoms with van der Waals surface area (Å²) in [6, 6.07) is 8.05. The summed E-state index contributed by atoms with van der Waals surface area (Å²) in [4.78, 5) is 29.5. The van der Waals surface area contributed by atoms with Gasteiger partial charge in [-0.3, -0.25) is 9.59 Å². The van der Waals surface area contributed by atoms with Crippen molar-refractivity contribution < 1.29 is 23.8 Å². The van der Waals surface area contributed by atoms with Crippen molar-refractivity contribution >= 4 is 17.4 Å². The molecule has 33 heavy (non-hydrogen) atoms. The van der Waals surface area contributed by atoms with Crippen LogP contribution in [0.2, 0.25) is 0 Å². The molecule has 0 saturated carbocycles. The lowest BCUT2D eigenvalue weighted by atomic mass is 9.98. The predicted octanol–water partition coefficient (Wildman–Crippen LogP) is 4.30. The molecular weight excluding hydrogens is 420 g/mol. The fraction of sp³-hybridized carbons (Fsp3) is 0.462. The van der Waals surface area contributed by atoms with Crippen LogP contribution >= 0.6 is 0 Å². The fourth-order valence-electron chi connectivity index (χ4n) is 3.93. The Balaban J connectivity index is 2.01. The normalized spacial score (nSPS) is 18.1. The van der Waals surface area contributed by atoms with Crippen molar-refractivity contribution in [2.45, 2.75) is 40.2 Å². The first-order valence-electron chi connectivity index (χ1n) is 11.3. The van der Waals surface area contributed by atoms with E-state index in [0.29, 0.717) is 42.6 Å². The molecule has 0 aliphatic carbocycles. The number of furan rings is 1. The van der Waals surface area contributed by atoms with Crippen molar-refractivity contribution in [2.75, 3.05) is 33.8 Å². The maximum atomic E-state index is 13.1. The van der Waals surface area contributed by atoms with Gasteiger partial charge in [0.05, 0.1) is 12.2 Å². The number of ether oxygens (including phenoxy) is 1. The number of carbonyl (C=O) groups excluding carboxylic acids is 2. The maximum Gasteiger partial charge on any atom is 0.295 e. The molecule has 1 fully saturated rings. The SMILES string of the molecule is Cc1ccc(C2/C(=C(/O)c3ccc(OCC(C)C)c(C)c3)C(=O)C(=O)N2CCCN(C)C)o1. The monoisotopic (exact) mass is 454 g/mol. The number of ketones is 1. The van der Waals surface area contributed by atoms with Gasteiger partial charge in [-0.15, -0.1) is 0 Å². The molecule has 1 N–H and O–H groups in total. The van der Waals surface area contributed by atoms with Crippen LogP contribution in [0.3, 0.4) is 0 Å². The molecule has 1 amide bonds. The van der Waals surface area contributed by atoms with Crippen molar-refractivity contribution in [3.05, 3.63) is 58.6 Å². The van der Waals surface area contributed by atoms with Crippen molar-refractivity contribution in [1.29, 1.82) is 0 Å². The van der Waals surface area contributed by atoms with E-state index in [2.05, 4.69) is 13.8 Å². The number of amides is 1. The third kappa shape index (κ3) is 5.47. The summed E-state index contributed by atoms with van der Waals surface area (Å²) < 4.78 is 11.6. The molecular formula is C26H34N2O5. The number of rotatable bonds is 9. The van der Waals surface area contributed by atoms with Gasteiger partial charge in [0, 0.05) is 12.1 Å². The van der Waals surface area contributed by atoms with Crippen molar-refractivity contribution in [2.24, 2.45) is 5.92 Å². The fourth-order valence-corrected chi connectivity index (χ4v) is 3.93. The van der Waals surface area contributed by atoms with Gasteiger partial charge in [-0.25, -0.2) is 0 Å². The average molecular weight is 455 g/mol. The molecule has 1 atom stereocenters. The van der Waals surface area contributed by atoms with Crippen LogP contribution in [0.25, 0.3) is 5.76 Å². The lowest BCUT2D eigenvalue weighted by Gasteiger charge is -2.24. The topological polar surface area (TPSA) is 83.2 Å². The molecule has 0 bridgehead atoms. The molecule has 0 radical (unpaired) electrons. The summed E-state index contributed by atoms with van der Waals surface area (Å²) in [6.07, 6.45) is 0.692. The van der Waals surface area contributed by atoms with Crippen LogP contribution < -0.4 is 4.74 Å². The Morgan fingerprint density at radius 2 is 1.91 bits per heavy atom. The zero-order valence-electron chi connectivity index (χ0n) is 20.3. The number of hydrogen-bond donors (Lipinski definition) is 1. The minimum atomic E-state index is -0.766. The Kier molecular flexibility index (Phi) is 7.64. The molecule has 1 unspecified atom stereocenters. The standard InChI is InChI=1S/C26H34N2O5/c1-16(2)15-32-20-11-9-19(14-17(20)3)24(29)22-23(21-10-8-18(4)33-21)28(26(31)25(22)30)13-7-12-27(5)6/h8-11,14,16,23,29H,7,12-13,15H2,1-6H3/b24-22-. The van der Waals surface area contributed by atoms with E-state index in [1.54, 1.807) is 37.3 Å². The number of aliphatic hydroxyl groups excluding tert-OH is 1. The van der Waals surface area contributed by atoms with Crippen molar-refractivity contribution in [3.8, 4) is 5.75 Å². The van der Waals surface area contributed by atoms with E-state index >= 15 is 0 Å². The molecule has 1 aromatic heterocycles. The van der Waals surface area contributed by atoms with Crippen molar-refractivity contribution in [1.82, 2.24) is 9.80 Å². The smallest absolute Gasteiger partial charge is 0.295 e. The molecule has 178 valence electrons. The summed E-state index contributed by atoms with van der Waals surface area (Å²) in [6.45, 7) is 9.57. The molecule has 1 saturated heterocycles. The number of hydrogen-bond acceptors (Lipinski definition) is 6. The maximum absolute atomic E-state index is 13.1. The van der Waals surface area contributed by atoms with Crippen LogP contribution in [0, 0.1) is 19.8 Å². The second-order valence-electron chi connectivity index (χ2n) is 9.28. The molecule has 1 aliphatic rings. The highest BCUT2D eigenvalue weighted by atomic mass is 16.5. The van der Waals surface area contributed by atoms with E-state index < -0.39 is 17.7 Å². The largest absolute Gasteiger partial charge is 0.507 e. The van der Waals surface area contributed by atoms with Crippen LogP contribution in [0.4, 0.5) is 0 Å². The molecule has 7 heteroatoms. The molecule has 1 aromatic carbocycles. The number of carbonyl (C=O) groups is 2. The van der Waals surface area contributed by atoms with Crippen LogP contribution in [0.5, 0.6) is 5.75 Å². The highest BCUT2D eigenvalue weighted by Crippen LogP contribution is 2.40. The van der Waals surface area contributed by atoms with E-state index in [0.717, 1.165) is 17.9 Å². The molecule has 2 heterocycles. The van der Waals surface area contributed by atoms with Crippen LogP contribution in [0.1, 0.15) is 49.0 Å². The number of aliphatic hydroxyl groups is 1. The van der Waals surface area contributed by atoms with Crippen LogP contribution in [-0.2, 0) is 9.59 Å². The van der Waals surface area contributed by atoms with E-state index in [1.165, 1.54) is 4.90 Å².